The van der Waals surface area contributed by atoms with E-state index in [4.69, 9.17) is 14.3 Å². The van der Waals surface area contributed by atoms with Gasteiger partial charge in [-0.3, -0.25) is 0 Å². The summed E-state index contributed by atoms with van der Waals surface area (Å²) in [6.45, 7) is 13.7. The summed E-state index contributed by atoms with van der Waals surface area (Å²) in [5.41, 5.74) is 5.34. The summed E-state index contributed by atoms with van der Waals surface area (Å²) in [5.74, 6) is 1.81. The van der Waals surface area contributed by atoms with E-state index in [0.29, 0.717) is 13.2 Å². The Morgan fingerprint density at radius 2 is 1.63 bits per heavy atom. The molecule has 2 rings (SSSR count). The number of rotatable bonds is 9. The fourth-order valence-electron chi connectivity index (χ4n) is 3.28. The summed E-state index contributed by atoms with van der Waals surface area (Å²) in [6, 6.07) is 12.5. The van der Waals surface area contributed by atoms with Crippen molar-refractivity contribution in [2.45, 2.75) is 48.0 Å². The lowest BCUT2D eigenvalue weighted by molar-refractivity contribution is 0.209. The smallest absolute Gasteiger partial charge is 0.125 e. The minimum absolute atomic E-state index is 0.0849. The summed E-state index contributed by atoms with van der Waals surface area (Å²) < 4.78 is 11.9. The van der Waals surface area contributed by atoms with Crippen molar-refractivity contribution in [2.75, 3.05) is 20.3 Å². The summed E-state index contributed by atoms with van der Waals surface area (Å²) in [5, 5.41) is 4.23. The third-order valence-electron chi connectivity index (χ3n) is 4.77. The van der Waals surface area contributed by atoms with Gasteiger partial charge in [-0.15, -0.1) is 0 Å². The molecule has 0 saturated carbocycles. The highest BCUT2D eigenvalue weighted by Gasteiger charge is 2.21. The molecule has 0 aliphatic heterocycles. The van der Waals surface area contributed by atoms with Crippen LogP contribution >= 0.6 is 0 Å². The van der Waals surface area contributed by atoms with Crippen LogP contribution in [0.3, 0.4) is 0 Å². The second-order valence-corrected chi connectivity index (χ2v) is 8.43. The first-order chi connectivity index (χ1) is 14.3. The Balaban J connectivity index is 1.99. The molecule has 4 nitrogen and oxygen atoms in total. The lowest BCUT2D eigenvalue weighted by Crippen LogP contribution is -2.21. The van der Waals surface area contributed by atoms with Crippen molar-refractivity contribution in [1.82, 2.24) is 0 Å². The number of hydrogen-bond donors (Lipinski definition) is 0. The zero-order valence-electron chi connectivity index (χ0n) is 19.4. The van der Waals surface area contributed by atoms with Crippen LogP contribution in [0.25, 0.3) is 0 Å². The molecule has 0 amide bonds. The Hall–Kier alpha value is -2.75. The van der Waals surface area contributed by atoms with Crippen LogP contribution in [0, 0.1) is 19.3 Å². The number of benzene rings is 2. The molecule has 0 fully saturated rings. The molecule has 0 atom stereocenters. The molecular formula is C26H35NO3. The normalized spacial score (nSPS) is 12.3. The Labute approximate surface area is 181 Å². The first-order valence-electron chi connectivity index (χ1n) is 10.4. The minimum Gasteiger partial charge on any atom is -0.493 e. The summed E-state index contributed by atoms with van der Waals surface area (Å²) in [7, 11) is 1.59. The SMILES string of the molecule is C/C=C/COc1cc(C)c(OCCc2ccc(C(=NOC)C(C)(C)C)cc2)c(C)c1. The number of aryl methyl sites for hydroxylation is 2. The molecule has 4 heteroatoms. The first kappa shape index (κ1) is 23.5. The fraction of sp³-hybridized carbons (Fsp3) is 0.423. The molecule has 0 N–H and O–H groups in total. The second kappa shape index (κ2) is 10.9. The van der Waals surface area contributed by atoms with Crippen molar-refractivity contribution >= 4 is 5.71 Å². The van der Waals surface area contributed by atoms with Crippen molar-refractivity contribution in [1.29, 1.82) is 0 Å². The molecule has 2 aromatic carbocycles. The molecule has 0 heterocycles. The fourth-order valence-corrected chi connectivity index (χ4v) is 3.28. The molecule has 0 bridgehead atoms. The average molecular weight is 410 g/mol. The lowest BCUT2D eigenvalue weighted by atomic mass is 9.85. The maximum absolute atomic E-state index is 6.11. The maximum atomic E-state index is 6.11. The van der Waals surface area contributed by atoms with E-state index in [1.807, 2.05) is 31.2 Å². The van der Waals surface area contributed by atoms with E-state index < -0.39 is 0 Å². The molecular weight excluding hydrogens is 374 g/mol. The molecule has 0 aliphatic rings. The van der Waals surface area contributed by atoms with Crippen LogP contribution in [0.15, 0.2) is 53.7 Å². The van der Waals surface area contributed by atoms with Gasteiger partial charge >= 0.3 is 0 Å². The predicted octanol–water partition coefficient (Wildman–Crippen LogP) is 6.28. The van der Waals surface area contributed by atoms with Crippen LogP contribution < -0.4 is 9.47 Å². The monoisotopic (exact) mass is 409 g/mol. The maximum Gasteiger partial charge on any atom is 0.125 e. The van der Waals surface area contributed by atoms with Crippen molar-refractivity contribution < 1.29 is 14.3 Å². The largest absolute Gasteiger partial charge is 0.493 e. The molecule has 0 aromatic heterocycles. The predicted molar refractivity (Wildman–Crippen MR) is 125 cm³/mol. The van der Waals surface area contributed by atoms with Gasteiger partial charge in [0, 0.05) is 11.8 Å². The van der Waals surface area contributed by atoms with E-state index in [2.05, 4.69) is 64.0 Å². The van der Waals surface area contributed by atoms with Crippen LogP contribution in [0.2, 0.25) is 0 Å². The van der Waals surface area contributed by atoms with Gasteiger partial charge in [0.1, 0.15) is 25.2 Å². The Morgan fingerprint density at radius 3 is 2.17 bits per heavy atom. The number of nitrogens with zero attached hydrogens (tertiary/aromatic N) is 1. The van der Waals surface area contributed by atoms with E-state index in [1.165, 1.54) is 5.56 Å². The van der Waals surface area contributed by atoms with Gasteiger partial charge in [0.05, 0.1) is 12.3 Å². The van der Waals surface area contributed by atoms with Crippen LogP contribution in [0.1, 0.15) is 49.9 Å². The second-order valence-electron chi connectivity index (χ2n) is 8.43. The Bertz CT molecular complexity index is 851. The van der Waals surface area contributed by atoms with Gasteiger partial charge in [0.2, 0.25) is 0 Å². The zero-order chi connectivity index (χ0) is 22.1. The van der Waals surface area contributed by atoms with Crippen molar-refractivity contribution in [2.24, 2.45) is 10.6 Å². The average Bonchev–Trinajstić information content (AvgIpc) is 2.68. The molecule has 162 valence electrons. The highest BCUT2D eigenvalue weighted by molar-refractivity contribution is 6.03. The van der Waals surface area contributed by atoms with E-state index in [-0.39, 0.29) is 5.41 Å². The quantitative estimate of drug-likeness (QED) is 0.278. The molecule has 0 spiro atoms. The lowest BCUT2D eigenvalue weighted by Gasteiger charge is -2.21. The molecule has 2 aromatic rings. The van der Waals surface area contributed by atoms with Crippen molar-refractivity contribution in [3.8, 4) is 11.5 Å². The number of hydrogen-bond acceptors (Lipinski definition) is 4. The minimum atomic E-state index is -0.0849. The summed E-state index contributed by atoms with van der Waals surface area (Å²) >= 11 is 0. The van der Waals surface area contributed by atoms with Gasteiger partial charge in [0.15, 0.2) is 0 Å². The van der Waals surface area contributed by atoms with Crippen LogP contribution in [-0.2, 0) is 11.3 Å². The number of allylic oxidation sites excluding steroid dienone is 1. The molecule has 0 radical (unpaired) electrons. The van der Waals surface area contributed by atoms with Gasteiger partial charge in [-0.05, 0) is 55.2 Å². The van der Waals surface area contributed by atoms with Crippen LogP contribution in [-0.4, -0.2) is 26.0 Å². The van der Waals surface area contributed by atoms with Crippen LogP contribution in [0.4, 0.5) is 0 Å². The van der Waals surface area contributed by atoms with Gasteiger partial charge < -0.3 is 14.3 Å². The Kier molecular flexibility index (Phi) is 8.52. The molecule has 30 heavy (non-hydrogen) atoms. The van der Waals surface area contributed by atoms with Gasteiger partial charge in [-0.25, -0.2) is 0 Å². The first-order valence-corrected chi connectivity index (χ1v) is 10.4. The van der Waals surface area contributed by atoms with Crippen molar-refractivity contribution in [3.05, 3.63) is 70.8 Å². The van der Waals surface area contributed by atoms with Crippen molar-refractivity contribution in [3.63, 3.8) is 0 Å². The number of oxime groups is 1. The Morgan fingerprint density at radius 1 is 1.00 bits per heavy atom. The topological polar surface area (TPSA) is 40.0 Å². The highest BCUT2D eigenvalue weighted by atomic mass is 16.6. The van der Waals surface area contributed by atoms with Gasteiger partial charge in [-0.1, -0.05) is 62.3 Å². The molecule has 0 saturated heterocycles. The van der Waals surface area contributed by atoms with E-state index in [9.17, 15) is 0 Å². The third kappa shape index (κ3) is 6.65. The standard InChI is InChI=1S/C26H35NO3/c1-8-9-15-29-23-17-19(2)24(20(3)18-23)30-16-14-21-10-12-22(13-11-21)25(27-28-7)26(4,5)6/h8-13,17-18H,14-16H2,1-7H3/b9-8+,27-25?. The molecule has 0 unspecified atom stereocenters. The third-order valence-corrected chi connectivity index (χ3v) is 4.77. The van der Waals surface area contributed by atoms with E-state index >= 15 is 0 Å². The summed E-state index contributed by atoms with van der Waals surface area (Å²) in [6.07, 6.45) is 4.81. The van der Waals surface area contributed by atoms with E-state index in [0.717, 1.165) is 40.3 Å². The highest BCUT2D eigenvalue weighted by Crippen LogP contribution is 2.29. The number of ether oxygens (including phenoxy) is 2. The molecule has 0 aliphatic carbocycles. The van der Waals surface area contributed by atoms with Gasteiger partial charge in [-0.2, -0.15) is 0 Å². The zero-order valence-corrected chi connectivity index (χ0v) is 19.4. The van der Waals surface area contributed by atoms with Crippen LogP contribution in [0.5, 0.6) is 11.5 Å². The van der Waals surface area contributed by atoms with E-state index in [1.54, 1.807) is 7.11 Å². The summed E-state index contributed by atoms with van der Waals surface area (Å²) in [4.78, 5) is 5.04. The van der Waals surface area contributed by atoms with Gasteiger partial charge in [0.25, 0.3) is 0 Å².